The molecule has 0 bridgehead atoms. The Kier molecular flexibility index (Phi) is 6.42. The lowest BCUT2D eigenvalue weighted by molar-refractivity contribution is -0.140. The van der Waals surface area contributed by atoms with E-state index in [2.05, 4.69) is 10.0 Å². The van der Waals surface area contributed by atoms with Gasteiger partial charge in [0.2, 0.25) is 10.0 Å². The van der Waals surface area contributed by atoms with Crippen LogP contribution in [-0.2, 0) is 16.2 Å². The van der Waals surface area contributed by atoms with Crippen molar-refractivity contribution in [1.82, 2.24) is 10.0 Å². The highest BCUT2D eigenvalue weighted by Crippen LogP contribution is 2.32. The fraction of sp³-hybridized carbons (Fsp3) is 0.538. The number of piperidine rings is 1. The number of nitrogens with one attached hydrogen (secondary N) is 2. The Morgan fingerprint density at radius 2 is 1.96 bits per heavy atom. The lowest BCUT2D eigenvalue weighted by atomic mass is 10.0. The summed E-state index contributed by atoms with van der Waals surface area (Å²) in [4.78, 5) is -0.590. The molecule has 10 heteroatoms. The molecule has 2 N–H and O–H groups in total. The Balaban J connectivity index is 0.00000264. The van der Waals surface area contributed by atoms with E-state index in [4.69, 9.17) is 0 Å². The standard InChI is InChI=1S/C13H16F4N2O2S.ClH/c1-8-6-9(4-5-18-8)19-22(20,21)10-2-3-12(14)11(7-10)13(15,16)17;/h2-3,7-9,18-19H,4-6H2,1H3;1H. The highest BCUT2D eigenvalue weighted by molar-refractivity contribution is 7.89. The van der Waals surface area contributed by atoms with Crippen molar-refractivity contribution < 1.29 is 26.0 Å². The quantitative estimate of drug-likeness (QED) is 0.797. The molecule has 1 fully saturated rings. The van der Waals surface area contributed by atoms with Gasteiger partial charge >= 0.3 is 6.18 Å². The zero-order chi connectivity index (χ0) is 16.5. The van der Waals surface area contributed by atoms with Crippen LogP contribution in [0.2, 0.25) is 0 Å². The van der Waals surface area contributed by atoms with E-state index in [-0.39, 0.29) is 24.5 Å². The first kappa shape index (κ1) is 20.1. The van der Waals surface area contributed by atoms with Crippen LogP contribution in [0.1, 0.15) is 25.3 Å². The van der Waals surface area contributed by atoms with Crippen LogP contribution in [0.15, 0.2) is 23.1 Å². The monoisotopic (exact) mass is 376 g/mol. The summed E-state index contributed by atoms with van der Waals surface area (Å²) >= 11 is 0. The van der Waals surface area contributed by atoms with Gasteiger partial charge in [0.05, 0.1) is 10.5 Å². The fourth-order valence-corrected chi connectivity index (χ4v) is 3.72. The summed E-state index contributed by atoms with van der Waals surface area (Å²) in [6, 6.07) is 1.42. The van der Waals surface area contributed by atoms with E-state index in [1.807, 2.05) is 6.92 Å². The predicted octanol–water partition coefficient (Wildman–Crippen LogP) is 2.69. The molecule has 2 unspecified atom stereocenters. The van der Waals surface area contributed by atoms with E-state index >= 15 is 0 Å². The van der Waals surface area contributed by atoms with Gasteiger partial charge in [-0.25, -0.2) is 17.5 Å². The van der Waals surface area contributed by atoms with Gasteiger partial charge in [-0.05, 0) is 44.5 Å². The molecule has 4 nitrogen and oxygen atoms in total. The third kappa shape index (κ3) is 5.03. The first-order valence-corrected chi connectivity index (χ1v) is 8.20. The van der Waals surface area contributed by atoms with Gasteiger partial charge in [-0.2, -0.15) is 13.2 Å². The molecule has 1 saturated heterocycles. The van der Waals surface area contributed by atoms with Gasteiger partial charge < -0.3 is 5.32 Å². The van der Waals surface area contributed by atoms with E-state index in [0.717, 1.165) is 6.07 Å². The van der Waals surface area contributed by atoms with Crippen LogP contribution in [-0.4, -0.2) is 27.0 Å². The van der Waals surface area contributed by atoms with Gasteiger partial charge in [-0.3, -0.25) is 0 Å². The largest absolute Gasteiger partial charge is 0.419 e. The second kappa shape index (κ2) is 7.33. The molecule has 23 heavy (non-hydrogen) atoms. The zero-order valence-corrected chi connectivity index (χ0v) is 13.8. The molecule has 132 valence electrons. The number of benzene rings is 1. The molecule has 0 saturated carbocycles. The maximum Gasteiger partial charge on any atom is 0.419 e. The van der Waals surface area contributed by atoms with Gasteiger partial charge in [0, 0.05) is 12.1 Å². The maximum absolute atomic E-state index is 13.2. The molecule has 0 radical (unpaired) electrons. The lowest BCUT2D eigenvalue weighted by Gasteiger charge is -2.28. The topological polar surface area (TPSA) is 58.2 Å². The lowest BCUT2D eigenvalue weighted by Crippen LogP contribution is -2.46. The first-order chi connectivity index (χ1) is 10.1. The van der Waals surface area contributed by atoms with E-state index < -0.39 is 32.5 Å². The first-order valence-electron chi connectivity index (χ1n) is 6.72. The predicted molar refractivity (Wildman–Crippen MR) is 79.5 cm³/mol. The second-order valence-corrected chi connectivity index (χ2v) is 7.05. The smallest absolute Gasteiger partial charge is 0.314 e. The molecule has 0 aliphatic carbocycles. The summed E-state index contributed by atoms with van der Waals surface area (Å²) in [5.74, 6) is -1.50. The Bertz CT molecular complexity index is 652. The number of sulfonamides is 1. The molecule has 1 aromatic rings. The molecule has 1 heterocycles. The molecular formula is C13H17ClF4N2O2S. The number of alkyl halides is 3. The van der Waals surface area contributed by atoms with Gasteiger partial charge in [0.15, 0.2) is 0 Å². The van der Waals surface area contributed by atoms with Crippen molar-refractivity contribution in [3.8, 4) is 0 Å². The Labute approximate surface area is 138 Å². The minimum Gasteiger partial charge on any atom is -0.314 e. The average molecular weight is 377 g/mol. The zero-order valence-electron chi connectivity index (χ0n) is 12.2. The van der Waals surface area contributed by atoms with Crippen LogP contribution in [0.5, 0.6) is 0 Å². The summed E-state index contributed by atoms with van der Waals surface area (Å²) in [6.07, 6.45) is -3.87. The third-order valence-electron chi connectivity index (χ3n) is 3.50. The van der Waals surface area contributed by atoms with E-state index in [1.165, 1.54) is 0 Å². The van der Waals surface area contributed by atoms with Crippen molar-refractivity contribution in [2.75, 3.05) is 6.54 Å². The molecule has 1 aliphatic rings. The summed E-state index contributed by atoms with van der Waals surface area (Å²) in [7, 11) is -4.13. The number of hydrogen-bond acceptors (Lipinski definition) is 3. The number of hydrogen-bond donors (Lipinski definition) is 2. The Morgan fingerprint density at radius 1 is 1.30 bits per heavy atom. The van der Waals surface area contributed by atoms with Gasteiger partial charge in [-0.15, -0.1) is 12.4 Å². The van der Waals surface area contributed by atoms with Gasteiger partial charge in [-0.1, -0.05) is 0 Å². The molecule has 2 rings (SSSR count). The molecule has 0 amide bonds. The van der Waals surface area contributed by atoms with Crippen molar-refractivity contribution in [3.63, 3.8) is 0 Å². The highest BCUT2D eigenvalue weighted by Gasteiger charge is 2.35. The third-order valence-corrected chi connectivity index (χ3v) is 5.02. The Hall–Kier alpha value is -0.900. The summed E-state index contributed by atoms with van der Waals surface area (Å²) in [5, 5.41) is 3.14. The van der Waals surface area contributed by atoms with Crippen LogP contribution in [0.4, 0.5) is 17.6 Å². The van der Waals surface area contributed by atoms with E-state index in [9.17, 15) is 26.0 Å². The van der Waals surface area contributed by atoms with Crippen LogP contribution >= 0.6 is 12.4 Å². The van der Waals surface area contributed by atoms with Crippen LogP contribution < -0.4 is 10.0 Å². The van der Waals surface area contributed by atoms with Crippen molar-refractivity contribution in [2.24, 2.45) is 0 Å². The number of halogens is 5. The molecular weight excluding hydrogens is 360 g/mol. The van der Waals surface area contributed by atoms with Crippen molar-refractivity contribution in [3.05, 3.63) is 29.6 Å². The normalized spacial score (nSPS) is 22.5. The number of rotatable bonds is 3. The average Bonchev–Trinajstić information content (AvgIpc) is 2.36. The summed E-state index contributed by atoms with van der Waals surface area (Å²) < 4.78 is 77.9. The summed E-state index contributed by atoms with van der Waals surface area (Å²) in [6.45, 7) is 2.51. The molecule has 1 aromatic carbocycles. The van der Waals surface area contributed by atoms with Gasteiger partial charge in [0.1, 0.15) is 5.82 Å². The van der Waals surface area contributed by atoms with E-state index in [0.29, 0.717) is 31.5 Å². The van der Waals surface area contributed by atoms with E-state index in [1.54, 1.807) is 0 Å². The Morgan fingerprint density at radius 3 is 2.52 bits per heavy atom. The second-order valence-electron chi connectivity index (χ2n) is 5.34. The highest BCUT2D eigenvalue weighted by atomic mass is 35.5. The van der Waals surface area contributed by atoms with Crippen LogP contribution in [0, 0.1) is 5.82 Å². The molecule has 2 atom stereocenters. The van der Waals surface area contributed by atoms with Crippen LogP contribution in [0.25, 0.3) is 0 Å². The fourth-order valence-electron chi connectivity index (χ4n) is 2.42. The SMILES string of the molecule is CC1CC(NS(=O)(=O)c2ccc(F)c(C(F)(F)F)c2)CCN1.Cl. The summed E-state index contributed by atoms with van der Waals surface area (Å²) in [5.41, 5.74) is -1.59. The molecule has 1 aliphatic heterocycles. The van der Waals surface area contributed by atoms with Crippen molar-refractivity contribution in [2.45, 2.75) is 42.9 Å². The van der Waals surface area contributed by atoms with Crippen LogP contribution in [0.3, 0.4) is 0 Å². The maximum atomic E-state index is 13.2. The minimum absolute atomic E-state index is 0. The minimum atomic E-state index is -4.95. The van der Waals surface area contributed by atoms with Crippen molar-refractivity contribution >= 4 is 22.4 Å². The molecule has 0 aromatic heterocycles. The van der Waals surface area contributed by atoms with Crippen molar-refractivity contribution in [1.29, 1.82) is 0 Å². The van der Waals surface area contributed by atoms with Gasteiger partial charge in [0.25, 0.3) is 0 Å². The molecule has 0 spiro atoms.